The van der Waals surface area contributed by atoms with Gasteiger partial charge in [-0.1, -0.05) is 6.07 Å². The van der Waals surface area contributed by atoms with Crippen molar-refractivity contribution < 1.29 is 18.3 Å². The Morgan fingerprint density at radius 3 is 2.89 bits per heavy atom. The van der Waals surface area contributed by atoms with Crippen LogP contribution in [0.4, 0.5) is 0 Å². The van der Waals surface area contributed by atoms with E-state index in [1.165, 1.54) is 7.11 Å². The fraction of sp³-hybridized carbons (Fsp3) is 0.545. The first kappa shape index (κ1) is 15.0. The summed E-state index contributed by atoms with van der Waals surface area (Å²) in [6.45, 7) is 0.0567. The molecule has 1 aromatic rings. The number of rotatable bonds is 8. The van der Waals surface area contributed by atoms with Crippen LogP contribution < -0.4 is 4.72 Å². The van der Waals surface area contributed by atoms with Crippen LogP contribution >= 0.6 is 0 Å². The minimum atomic E-state index is -3.40. The molecule has 0 saturated heterocycles. The third-order valence-electron chi connectivity index (χ3n) is 2.25. The fourth-order valence-corrected chi connectivity index (χ4v) is 2.40. The molecule has 1 rings (SSSR count). The molecule has 2 N–H and O–H groups in total. The summed E-state index contributed by atoms with van der Waals surface area (Å²) in [6.07, 6.45) is 1.13. The minimum absolute atomic E-state index is 0.0433. The number of aliphatic hydroxyl groups is 1. The summed E-state index contributed by atoms with van der Waals surface area (Å²) in [5.74, 6) is -0.0519. The average molecular weight is 274 g/mol. The maximum absolute atomic E-state index is 11.6. The third-order valence-corrected chi connectivity index (χ3v) is 3.60. The SMILES string of the molecule is COCC(O)CNS(=O)(=O)CCc1ccccn1. The number of hydrogen-bond acceptors (Lipinski definition) is 5. The van der Waals surface area contributed by atoms with Crippen LogP contribution in [0.1, 0.15) is 5.69 Å². The fourth-order valence-electron chi connectivity index (χ4n) is 1.33. The largest absolute Gasteiger partial charge is 0.389 e. The van der Waals surface area contributed by atoms with Gasteiger partial charge in [0.15, 0.2) is 0 Å². The maximum Gasteiger partial charge on any atom is 0.212 e. The highest BCUT2D eigenvalue weighted by Gasteiger charge is 2.13. The number of nitrogens with zero attached hydrogens (tertiary/aromatic N) is 1. The van der Waals surface area contributed by atoms with Gasteiger partial charge in [0.1, 0.15) is 0 Å². The molecule has 7 heteroatoms. The lowest BCUT2D eigenvalue weighted by atomic mass is 10.3. The summed E-state index contributed by atoms with van der Waals surface area (Å²) in [6, 6.07) is 5.36. The number of ether oxygens (including phenoxy) is 1. The van der Waals surface area contributed by atoms with E-state index >= 15 is 0 Å². The topological polar surface area (TPSA) is 88.5 Å². The second kappa shape index (κ2) is 7.42. The first-order valence-corrected chi connectivity index (χ1v) is 7.23. The summed E-state index contributed by atoms with van der Waals surface area (Å²) in [5, 5.41) is 9.33. The van der Waals surface area contributed by atoms with E-state index in [4.69, 9.17) is 4.74 Å². The first-order chi connectivity index (χ1) is 8.53. The Balaban J connectivity index is 2.36. The quantitative estimate of drug-likeness (QED) is 0.670. The molecule has 1 atom stereocenters. The molecular formula is C11H18N2O4S. The summed E-state index contributed by atoms with van der Waals surface area (Å²) in [5.41, 5.74) is 0.723. The van der Waals surface area contributed by atoms with Crippen LogP contribution in [0.25, 0.3) is 0 Å². The molecule has 0 bridgehead atoms. The number of sulfonamides is 1. The summed E-state index contributed by atoms with van der Waals surface area (Å²) in [4.78, 5) is 4.04. The number of nitrogens with one attached hydrogen (secondary N) is 1. The van der Waals surface area contributed by atoms with Crippen LogP contribution in [0.3, 0.4) is 0 Å². The van der Waals surface area contributed by atoms with Crippen LogP contribution in [-0.2, 0) is 21.2 Å². The van der Waals surface area contributed by atoms with Gasteiger partial charge in [0.05, 0.1) is 18.5 Å². The van der Waals surface area contributed by atoms with Crippen LogP contribution in [0, 0.1) is 0 Å². The predicted octanol–water partition coefficient (Wildman–Crippen LogP) is -0.449. The van der Waals surface area contributed by atoms with E-state index in [0.29, 0.717) is 6.42 Å². The highest BCUT2D eigenvalue weighted by atomic mass is 32.2. The number of methoxy groups -OCH3 is 1. The molecule has 0 aliphatic rings. The number of aromatic nitrogens is 1. The Morgan fingerprint density at radius 1 is 1.50 bits per heavy atom. The van der Waals surface area contributed by atoms with E-state index in [9.17, 15) is 13.5 Å². The molecule has 0 radical (unpaired) electrons. The predicted molar refractivity (Wildman–Crippen MR) is 67.6 cm³/mol. The first-order valence-electron chi connectivity index (χ1n) is 5.58. The molecule has 0 saturated carbocycles. The van der Waals surface area contributed by atoms with Crippen molar-refractivity contribution in [1.29, 1.82) is 0 Å². The van der Waals surface area contributed by atoms with Gasteiger partial charge in [-0.2, -0.15) is 0 Å². The van der Waals surface area contributed by atoms with Gasteiger partial charge < -0.3 is 9.84 Å². The van der Waals surface area contributed by atoms with Crippen molar-refractivity contribution in [3.8, 4) is 0 Å². The van der Waals surface area contributed by atoms with Crippen LogP contribution in [0.15, 0.2) is 24.4 Å². The molecule has 1 unspecified atom stereocenters. The molecule has 102 valence electrons. The van der Waals surface area contributed by atoms with E-state index in [2.05, 4.69) is 9.71 Å². The lowest BCUT2D eigenvalue weighted by molar-refractivity contribution is 0.0679. The third kappa shape index (κ3) is 6.06. The molecule has 0 aliphatic heterocycles. The van der Waals surface area contributed by atoms with Crippen molar-refractivity contribution in [1.82, 2.24) is 9.71 Å². The zero-order valence-electron chi connectivity index (χ0n) is 10.2. The molecule has 0 amide bonds. The van der Waals surface area contributed by atoms with Gasteiger partial charge in [-0.05, 0) is 12.1 Å². The normalized spacial score (nSPS) is 13.4. The van der Waals surface area contributed by atoms with Gasteiger partial charge in [0.2, 0.25) is 10.0 Å². The Bertz CT molecular complexity index is 436. The molecule has 0 spiro atoms. The Kier molecular flexibility index (Phi) is 6.20. The van der Waals surface area contributed by atoms with Crippen LogP contribution in [-0.4, -0.2) is 50.6 Å². The van der Waals surface area contributed by atoms with E-state index in [1.807, 2.05) is 6.07 Å². The summed E-state index contributed by atoms with van der Waals surface area (Å²) in [7, 11) is -1.96. The summed E-state index contributed by atoms with van der Waals surface area (Å²) >= 11 is 0. The number of aryl methyl sites for hydroxylation is 1. The second-order valence-corrected chi connectivity index (χ2v) is 5.77. The van der Waals surface area contributed by atoms with E-state index < -0.39 is 16.1 Å². The molecule has 0 fully saturated rings. The zero-order chi connectivity index (χ0) is 13.4. The van der Waals surface area contributed by atoms with Crippen molar-refractivity contribution in [2.75, 3.05) is 26.0 Å². The molecular weight excluding hydrogens is 256 g/mol. The average Bonchev–Trinajstić information content (AvgIpc) is 2.36. The molecule has 1 aromatic heterocycles. The number of aliphatic hydroxyl groups excluding tert-OH is 1. The maximum atomic E-state index is 11.6. The van der Waals surface area contributed by atoms with Crippen molar-refractivity contribution in [2.24, 2.45) is 0 Å². The highest BCUT2D eigenvalue weighted by Crippen LogP contribution is 1.97. The van der Waals surface area contributed by atoms with Crippen LogP contribution in [0.2, 0.25) is 0 Å². The smallest absolute Gasteiger partial charge is 0.212 e. The lowest BCUT2D eigenvalue weighted by Gasteiger charge is -2.11. The molecule has 6 nitrogen and oxygen atoms in total. The van der Waals surface area contributed by atoms with Gasteiger partial charge in [0.25, 0.3) is 0 Å². The van der Waals surface area contributed by atoms with E-state index in [-0.39, 0.29) is 18.9 Å². The standard InChI is InChI=1S/C11H18N2O4S/c1-17-9-11(14)8-13-18(15,16)7-5-10-4-2-3-6-12-10/h2-4,6,11,13-14H,5,7-9H2,1H3. The van der Waals surface area contributed by atoms with Gasteiger partial charge >= 0.3 is 0 Å². The van der Waals surface area contributed by atoms with Crippen molar-refractivity contribution in [3.05, 3.63) is 30.1 Å². The van der Waals surface area contributed by atoms with Crippen molar-refractivity contribution in [3.63, 3.8) is 0 Å². The van der Waals surface area contributed by atoms with Gasteiger partial charge in [-0.3, -0.25) is 4.98 Å². The number of hydrogen-bond donors (Lipinski definition) is 2. The monoisotopic (exact) mass is 274 g/mol. The molecule has 18 heavy (non-hydrogen) atoms. The Morgan fingerprint density at radius 2 is 2.28 bits per heavy atom. The van der Waals surface area contributed by atoms with Crippen LogP contribution in [0.5, 0.6) is 0 Å². The highest BCUT2D eigenvalue weighted by molar-refractivity contribution is 7.89. The van der Waals surface area contributed by atoms with E-state index in [1.54, 1.807) is 18.3 Å². The van der Waals surface area contributed by atoms with E-state index in [0.717, 1.165) is 5.69 Å². The molecule has 0 aromatic carbocycles. The number of pyridine rings is 1. The van der Waals surface area contributed by atoms with Gasteiger partial charge in [-0.15, -0.1) is 0 Å². The minimum Gasteiger partial charge on any atom is -0.389 e. The molecule has 0 aliphatic carbocycles. The second-order valence-electron chi connectivity index (χ2n) is 3.85. The summed E-state index contributed by atoms with van der Waals surface area (Å²) < 4.78 is 30.3. The Labute approximate surface area is 107 Å². The lowest BCUT2D eigenvalue weighted by Crippen LogP contribution is -2.36. The van der Waals surface area contributed by atoms with Gasteiger partial charge in [-0.25, -0.2) is 13.1 Å². The van der Waals surface area contributed by atoms with Crippen molar-refractivity contribution >= 4 is 10.0 Å². The Hall–Kier alpha value is -1.02. The molecule has 1 heterocycles. The van der Waals surface area contributed by atoms with Crippen molar-refractivity contribution in [2.45, 2.75) is 12.5 Å². The van der Waals surface area contributed by atoms with Gasteiger partial charge in [0, 0.05) is 32.0 Å². The zero-order valence-corrected chi connectivity index (χ0v) is 11.1.